The number of anilines is 1. The van der Waals surface area contributed by atoms with Crippen LogP contribution in [0.2, 0.25) is 0 Å². The van der Waals surface area contributed by atoms with Crippen molar-refractivity contribution in [1.82, 2.24) is 4.90 Å². The van der Waals surface area contributed by atoms with Crippen LogP contribution in [-0.4, -0.2) is 43.7 Å². The Morgan fingerprint density at radius 2 is 1.70 bits per heavy atom. The summed E-state index contributed by atoms with van der Waals surface area (Å²) in [7, 11) is 0. The van der Waals surface area contributed by atoms with Crippen molar-refractivity contribution < 1.29 is 0 Å². The van der Waals surface area contributed by atoms with Crippen LogP contribution in [0.25, 0.3) is 0 Å². The third-order valence-electron chi connectivity index (χ3n) is 4.90. The van der Waals surface area contributed by atoms with Gasteiger partial charge in [-0.2, -0.15) is 0 Å². The second-order valence-corrected chi connectivity index (χ2v) is 6.13. The van der Waals surface area contributed by atoms with Gasteiger partial charge in [-0.3, -0.25) is 4.90 Å². The Morgan fingerprint density at radius 1 is 1.00 bits per heavy atom. The van der Waals surface area contributed by atoms with Gasteiger partial charge >= 0.3 is 0 Å². The van der Waals surface area contributed by atoms with E-state index in [4.69, 9.17) is 5.73 Å². The van der Waals surface area contributed by atoms with E-state index in [0.29, 0.717) is 0 Å². The Kier molecular flexibility index (Phi) is 4.58. The fraction of sp³-hybridized carbons (Fsp3) is 0.647. The normalized spacial score (nSPS) is 21.6. The predicted octanol–water partition coefficient (Wildman–Crippen LogP) is 2.25. The molecule has 2 N–H and O–H groups in total. The van der Waals surface area contributed by atoms with E-state index < -0.39 is 0 Å². The largest absolute Gasteiger partial charge is 0.369 e. The van der Waals surface area contributed by atoms with Crippen molar-refractivity contribution in [2.45, 2.75) is 38.1 Å². The first-order valence-corrected chi connectivity index (χ1v) is 8.15. The van der Waals surface area contributed by atoms with E-state index in [1.54, 1.807) is 0 Å². The monoisotopic (exact) mass is 273 g/mol. The molecule has 1 heterocycles. The summed E-state index contributed by atoms with van der Waals surface area (Å²) in [6, 6.07) is 9.64. The standard InChI is InChI=1S/C17H27N3/c18-10-9-15-5-1-4-8-17(15)20-13-11-19(12-14-20)16-6-2-3-7-16/h1,4-5,8,16H,2-3,6-7,9-14,18H2. The molecule has 0 bridgehead atoms. The third-order valence-corrected chi connectivity index (χ3v) is 4.90. The maximum atomic E-state index is 5.74. The second kappa shape index (κ2) is 6.59. The zero-order valence-corrected chi connectivity index (χ0v) is 12.4. The first-order chi connectivity index (χ1) is 9.88. The molecule has 2 fully saturated rings. The minimum absolute atomic E-state index is 0.735. The lowest BCUT2D eigenvalue weighted by Gasteiger charge is -2.39. The molecule has 1 aromatic carbocycles. The summed E-state index contributed by atoms with van der Waals surface area (Å²) in [6.07, 6.45) is 6.70. The highest BCUT2D eigenvalue weighted by molar-refractivity contribution is 5.54. The van der Waals surface area contributed by atoms with E-state index in [-0.39, 0.29) is 0 Å². The van der Waals surface area contributed by atoms with Gasteiger partial charge in [0.15, 0.2) is 0 Å². The molecule has 0 aromatic heterocycles. The van der Waals surface area contributed by atoms with Crippen LogP contribution in [0.15, 0.2) is 24.3 Å². The molecule has 1 aliphatic heterocycles. The quantitative estimate of drug-likeness (QED) is 0.913. The minimum atomic E-state index is 0.735. The number of para-hydroxylation sites is 1. The molecule has 0 spiro atoms. The molecule has 3 nitrogen and oxygen atoms in total. The number of rotatable bonds is 4. The predicted molar refractivity (Wildman–Crippen MR) is 85.2 cm³/mol. The van der Waals surface area contributed by atoms with Gasteiger partial charge in [-0.1, -0.05) is 31.0 Å². The smallest absolute Gasteiger partial charge is 0.0400 e. The average molecular weight is 273 g/mol. The van der Waals surface area contributed by atoms with Crippen molar-refractivity contribution in [3.63, 3.8) is 0 Å². The summed E-state index contributed by atoms with van der Waals surface area (Å²) in [5, 5.41) is 0. The summed E-state index contributed by atoms with van der Waals surface area (Å²) in [5.41, 5.74) is 8.55. The van der Waals surface area contributed by atoms with Crippen LogP contribution >= 0.6 is 0 Å². The van der Waals surface area contributed by atoms with Crippen molar-refractivity contribution >= 4 is 5.69 Å². The van der Waals surface area contributed by atoms with Gasteiger partial charge in [-0.15, -0.1) is 0 Å². The van der Waals surface area contributed by atoms with Gasteiger partial charge in [0.25, 0.3) is 0 Å². The summed E-state index contributed by atoms with van der Waals surface area (Å²) < 4.78 is 0. The van der Waals surface area contributed by atoms with Gasteiger partial charge < -0.3 is 10.6 Å². The average Bonchev–Trinajstić information content (AvgIpc) is 3.03. The van der Waals surface area contributed by atoms with Gasteiger partial charge in [0.1, 0.15) is 0 Å². The number of hydrogen-bond donors (Lipinski definition) is 1. The van der Waals surface area contributed by atoms with E-state index in [1.165, 1.54) is 50.0 Å². The highest BCUT2D eigenvalue weighted by atomic mass is 15.3. The van der Waals surface area contributed by atoms with Crippen LogP contribution in [0.3, 0.4) is 0 Å². The molecule has 2 aliphatic rings. The SMILES string of the molecule is NCCc1ccccc1N1CCN(C2CCCC2)CC1. The number of hydrogen-bond acceptors (Lipinski definition) is 3. The summed E-state index contributed by atoms with van der Waals surface area (Å²) in [6.45, 7) is 5.51. The maximum Gasteiger partial charge on any atom is 0.0400 e. The van der Waals surface area contributed by atoms with E-state index >= 15 is 0 Å². The molecule has 0 unspecified atom stereocenters. The lowest BCUT2D eigenvalue weighted by Crippen LogP contribution is -2.50. The van der Waals surface area contributed by atoms with Gasteiger partial charge in [0.2, 0.25) is 0 Å². The fourth-order valence-electron chi connectivity index (χ4n) is 3.78. The van der Waals surface area contributed by atoms with Crippen molar-refractivity contribution in [1.29, 1.82) is 0 Å². The molecular weight excluding hydrogens is 246 g/mol. The Labute approximate surface area is 122 Å². The number of nitrogens with two attached hydrogens (primary N) is 1. The lowest BCUT2D eigenvalue weighted by atomic mass is 10.1. The molecule has 3 heteroatoms. The molecule has 1 aromatic rings. The van der Waals surface area contributed by atoms with Crippen molar-refractivity contribution in [3.8, 4) is 0 Å². The second-order valence-electron chi connectivity index (χ2n) is 6.13. The molecule has 0 radical (unpaired) electrons. The highest BCUT2D eigenvalue weighted by Gasteiger charge is 2.26. The van der Waals surface area contributed by atoms with E-state index in [2.05, 4.69) is 34.1 Å². The van der Waals surface area contributed by atoms with Crippen LogP contribution in [0.4, 0.5) is 5.69 Å². The number of piperazine rings is 1. The summed E-state index contributed by atoms with van der Waals surface area (Å²) >= 11 is 0. The van der Waals surface area contributed by atoms with Crippen LogP contribution in [0.1, 0.15) is 31.2 Å². The molecule has 1 saturated carbocycles. The Bertz CT molecular complexity index is 418. The molecule has 3 rings (SSSR count). The zero-order chi connectivity index (χ0) is 13.8. The van der Waals surface area contributed by atoms with Crippen molar-refractivity contribution in [2.24, 2.45) is 5.73 Å². The van der Waals surface area contributed by atoms with Gasteiger partial charge in [-0.05, 0) is 37.4 Å². The van der Waals surface area contributed by atoms with Crippen molar-refractivity contribution in [2.75, 3.05) is 37.6 Å². The Hall–Kier alpha value is -1.06. The van der Waals surface area contributed by atoms with Crippen molar-refractivity contribution in [3.05, 3.63) is 29.8 Å². The minimum Gasteiger partial charge on any atom is -0.369 e. The summed E-state index contributed by atoms with van der Waals surface area (Å²) in [4.78, 5) is 5.27. The molecule has 0 atom stereocenters. The molecular formula is C17H27N3. The van der Waals surface area contributed by atoms with Crippen LogP contribution < -0.4 is 10.6 Å². The molecule has 110 valence electrons. The topological polar surface area (TPSA) is 32.5 Å². The van der Waals surface area contributed by atoms with Crippen LogP contribution in [-0.2, 0) is 6.42 Å². The van der Waals surface area contributed by atoms with Crippen LogP contribution in [0, 0.1) is 0 Å². The fourth-order valence-corrected chi connectivity index (χ4v) is 3.78. The third kappa shape index (κ3) is 2.99. The van der Waals surface area contributed by atoms with E-state index in [0.717, 1.165) is 32.1 Å². The summed E-state index contributed by atoms with van der Waals surface area (Å²) in [5.74, 6) is 0. The van der Waals surface area contributed by atoms with Gasteiger partial charge in [0.05, 0.1) is 0 Å². The lowest BCUT2D eigenvalue weighted by molar-refractivity contribution is 0.187. The van der Waals surface area contributed by atoms with E-state index in [9.17, 15) is 0 Å². The van der Waals surface area contributed by atoms with Gasteiger partial charge in [0, 0.05) is 37.9 Å². The molecule has 20 heavy (non-hydrogen) atoms. The number of benzene rings is 1. The molecule has 1 aliphatic carbocycles. The Balaban J connectivity index is 1.62. The van der Waals surface area contributed by atoms with Crippen LogP contribution in [0.5, 0.6) is 0 Å². The molecule has 1 saturated heterocycles. The zero-order valence-electron chi connectivity index (χ0n) is 12.4. The molecule has 0 amide bonds. The van der Waals surface area contributed by atoms with E-state index in [1.807, 2.05) is 0 Å². The number of nitrogens with zero attached hydrogens (tertiary/aromatic N) is 2. The first-order valence-electron chi connectivity index (χ1n) is 8.15. The van der Waals surface area contributed by atoms with Gasteiger partial charge in [-0.25, -0.2) is 0 Å². The Morgan fingerprint density at radius 3 is 2.40 bits per heavy atom. The highest BCUT2D eigenvalue weighted by Crippen LogP contribution is 2.27. The maximum absolute atomic E-state index is 5.74. The first kappa shape index (κ1) is 13.9.